The molecule has 0 radical (unpaired) electrons. The first-order valence-corrected chi connectivity index (χ1v) is 18.1. The maximum Gasteiger partial charge on any atom is 0.187 e. The summed E-state index contributed by atoms with van der Waals surface area (Å²) in [4.78, 5) is 0. The standard InChI is InChI=1S/C23H42O2Si2/c1-26(2,3)19-13-18-23(25-27(4,5)6,22-16-11-8-12-17-22)24-20-21-14-9-7-10-15-21/h7,9-10,14-15,22H,8,11-13,16-20H2,1-6H3. The van der Waals surface area contributed by atoms with Crippen molar-refractivity contribution in [1.29, 1.82) is 0 Å². The normalized spacial score (nSPS) is 19.0. The van der Waals surface area contributed by atoms with Gasteiger partial charge in [-0.15, -0.1) is 0 Å². The summed E-state index contributed by atoms with van der Waals surface area (Å²) < 4.78 is 13.7. The number of benzene rings is 1. The average Bonchev–Trinajstić information content (AvgIpc) is 2.59. The van der Waals surface area contributed by atoms with E-state index in [9.17, 15) is 0 Å². The Labute approximate surface area is 170 Å². The second-order valence-electron chi connectivity index (χ2n) is 10.5. The third-order valence-electron chi connectivity index (χ3n) is 5.48. The van der Waals surface area contributed by atoms with Crippen LogP contribution in [-0.2, 0) is 15.8 Å². The van der Waals surface area contributed by atoms with Gasteiger partial charge in [-0.2, -0.15) is 0 Å². The minimum Gasteiger partial charge on any atom is -0.391 e. The third kappa shape index (κ3) is 8.22. The van der Waals surface area contributed by atoms with Crippen molar-refractivity contribution >= 4 is 16.4 Å². The minimum atomic E-state index is -1.72. The lowest BCUT2D eigenvalue weighted by Crippen LogP contribution is -2.51. The Morgan fingerprint density at radius 1 is 0.926 bits per heavy atom. The van der Waals surface area contributed by atoms with Gasteiger partial charge >= 0.3 is 0 Å². The maximum absolute atomic E-state index is 6.93. The molecule has 1 fully saturated rings. The molecule has 1 unspecified atom stereocenters. The molecule has 0 N–H and O–H groups in total. The lowest BCUT2D eigenvalue weighted by atomic mass is 9.81. The predicted octanol–water partition coefficient (Wildman–Crippen LogP) is 7.45. The van der Waals surface area contributed by atoms with Gasteiger partial charge in [0.2, 0.25) is 0 Å². The monoisotopic (exact) mass is 406 g/mol. The molecule has 1 atom stereocenters. The Balaban J connectivity index is 2.22. The van der Waals surface area contributed by atoms with Gasteiger partial charge < -0.3 is 9.16 Å². The molecule has 1 saturated carbocycles. The van der Waals surface area contributed by atoms with E-state index in [1.807, 2.05) is 0 Å². The molecule has 2 rings (SSSR count). The highest BCUT2D eigenvalue weighted by Crippen LogP contribution is 2.42. The second-order valence-corrected chi connectivity index (χ2v) is 20.6. The van der Waals surface area contributed by atoms with E-state index in [2.05, 4.69) is 69.6 Å². The molecule has 1 aliphatic carbocycles. The summed E-state index contributed by atoms with van der Waals surface area (Å²) in [6.07, 6.45) is 8.81. The molecule has 0 amide bonds. The molecule has 1 aliphatic rings. The lowest BCUT2D eigenvalue weighted by molar-refractivity contribution is -0.240. The SMILES string of the molecule is C[Si](C)(C)CCCC(OCc1ccccc1)(O[Si](C)(C)C)C1CCCCC1. The van der Waals surface area contributed by atoms with Crippen molar-refractivity contribution in [2.24, 2.45) is 5.92 Å². The molecule has 0 aliphatic heterocycles. The zero-order valence-electron chi connectivity index (χ0n) is 18.6. The van der Waals surface area contributed by atoms with Gasteiger partial charge in [-0.3, -0.25) is 0 Å². The van der Waals surface area contributed by atoms with E-state index in [0.29, 0.717) is 12.5 Å². The Bertz CT molecular complexity index is 542. The van der Waals surface area contributed by atoms with E-state index in [1.165, 1.54) is 50.1 Å². The topological polar surface area (TPSA) is 18.5 Å². The molecule has 0 saturated heterocycles. The highest BCUT2D eigenvalue weighted by Gasteiger charge is 2.44. The fourth-order valence-electron chi connectivity index (χ4n) is 4.26. The summed E-state index contributed by atoms with van der Waals surface area (Å²) in [5.41, 5.74) is 1.25. The van der Waals surface area contributed by atoms with Crippen molar-refractivity contribution < 1.29 is 9.16 Å². The van der Waals surface area contributed by atoms with E-state index in [1.54, 1.807) is 0 Å². The van der Waals surface area contributed by atoms with Crippen LogP contribution < -0.4 is 0 Å². The van der Waals surface area contributed by atoms with Gasteiger partial charge in [-0.25, -0.2) is 0 Å². The van der Waals surface area contributed by atoms with Gasteiger partial charge in [-0.1, -0.05) is 81.7 Å². The zero-order chi connectivity index (χ0) is 20.0. The van der Waals surface area contributed by atoms with Crippen LogP contribution in [0.3, 0.4) is 0 Å². The van der Waals surface area contributed by atoms with Crippen LogP contribution in [0.5, 0.6) is 0 Å². The number of hydrogen-bond donors (Lipinski definition) is 0. The summed E-state index contributed by atoms with van der Waals surface area (Å²) in [7, 11) is -2.78. The summed E-state index contributed by atoms with van der Waals surface area (Å²) in [5.74, 6) is 0.156. The summed E-state index contributed by atoms with van der Waals surface area (Å²) >= 11 is 0. The Morgan fingerprint density at radius 3 is 2.11 bits per heavy atom. The van der Waals surface area contributed by atoms with Crippen molar-refractivity contribution in [1.82, 2.24) is 0 Å². The minimum absolute atomic E-state index is 0.389. The van der Waals surface area contributed by atoms with Gasteiger partial charge in [0.1, 0.15) is 0 Å². The molecular weight excluding hydrogens is 364 g/mol. The van der Waals surface area contributed by atoms with Gasteiger partial charge in [0.15, 0.2) is 14.1 Å². The molecule has 0 spiro atoms. The van der Waals surface area contributed by atoms with E-state index < -0.39 is 16.4 Å². The number of hydrogen-bond acceptors (Lipinski definition) is 2. The van der Waals surface area contributed by atoms with Crippen molar-refractivity contribution in [3.05, 3.63) is 35.9 Å². The summed E-state index contributed by atoms with van der Waals surface area (Å²) in [5, 5.41) is 0. The van der Waals surface area contributed by atoms with Gasteiger partial charge in [-0.05, 0) is 38.0 Å². The Kier molecular flexibility index (Phi) is 8.35. The highest BCUT2D eigenvalue weighted by molar-refractivity contribution is 6.76. The van der Waals surface area contributed by atoms with Crippen LogP contribution in [0.1, 0.15) is 50.5 Å². The van der Waals surface area contributed by atoms with Crippen molar-refractivity contribution in [2.75, 3.05) is 0 Å². The zero-order valence-corrected chi connectivity index (χ0v) is 20.6. The van der Waals surface area contributed by atoms with E-state index >= 15 is 0 Å². The average molecular weight is 407 g/mol. The van der Waals surface area contributed by atoms with E-state index in [4.69, 9.17) is 9.16 Å². The highest BCUT2D eigenvalue weighted by atomic mass is 28.4. The fraction of sp³-hybridized carbons (Fsp3) is 0.739. The molecule has 0 heterocycles. The molecule has 1 aromatic carbocycles. The van der Waals surface area contributed by atoms with Gasteiger partial charge in [0.25, 0.3) is 0 Å². The first-order valence-electron chi connectivity index (χ1n) is 11.0. The first kappa shape index (κ1) is 22.9. The quantitative estimate of drug-likeness (QED) is 0.297. The molecule has 0 aromatic heterocycles. The van der Waals surface area contributed by atoms with E-state index in [-0.39, 0.29) is 5.79 Å². The number of ether oxygens (including phenoxy) is 1. The summed E-state index contributed by atoms with van der Waals surface area (Å²) in [6.45, 7) is 15.0. The van der Waals surface area contributed by atoms with Crippen LogP contribution in [0, 0.1) is 5.92 Å². The molecule has 154 valence electrons. The first-order chi connectivity index (χ1) is 12.6. The van der Waals surface area contributed by atoms with Crippen LogP contribution in [0.25, 0.3) is 0 Å². The van der Waals surface area contributed by atoms with Crippen molar-refractivity contribution in [3.63, 3.8) is 0 Å². The molecule has 1 aromatic rings. The Morgan fingerprint density at radius 2 is 1.56 bits per heavy atom. The Hall–Kier alpha value is -0.426. The number of rotatable bonds is 10. The van der Waals surface area contributed by atoms with Crippen molar-refractivity contribution in [3.8, 4) is 0 Å². The molecule has 2 nitrogen and oxygen atoms in total. The maximum atomic E-state index is 6.93. The lowest BCUT2D eigenvalue weighted by Gasteiger charge is -2.46. The fourth-order valence-corrected chi connectivity index (χ4v) is 6.87. The van der Waals surface area contributed by atoms with Crippen LogP contribution in [0.2, 0.25) is 45.3 Å². The largest absolute Gasteiger partial charge is 0.391 e. The van der Waals surface area contributed by atoms with Crippen LogP contribution >= 0.6 is 0 Å². The molecule has 27 heavy (non-hydrogen) atoms. The van der Waals surface area contributed by atoms with Crippen LogP contribution in [-0.4, -0.2) is 22.2 Å². The smallest absolute Gasteiger partial charge is 0.187 e. The van der Waals surface area contributed by atoms with Gasteiger partial charge in [0, 0.05) is 20.4 Å². The third-order valence-corrected chi connectivity index (χ3v) is 8.30. The molecule has 0 bridgehead atoms. The molecular formula is C23H42O2Si2. The van der Waals surface area contributed by atoms with Crippen LogP contribution in [0.4, 0.5) is 0 Å². The second kappa shape index (κ2) is 9.86. The predicted molar refractivity (Wildman–Crippen MR) is 122 cm³/mol. The van der Waals surface area contributed by atoms with Crippen LogP contribution in [0.15, 0.2) is 30.3 Å². The van der Waals surface area contributed by atoms with Crippen molar-refractivity contribution in [2.45, 2.75) is 103 Å². The molecule has 4 heteroatoms. The summed E-state index contributed by atoms with van der Waals surface area (Å²) in [6, 6.07) is 12.0. The van der Waals surface area contributed by atoms with E-state index in [0.717, 1.165) is 6.42 Å². The van der Waals surface area contributed by atoms with Gasteiger partial charge in [0.05, 0.1) is 6.61 Å².